The third-order valence-electron chi connectivity index (χ3n) is 3.27. The van der Waals surface area contributed by atoms with E-state index in [-0.39, 0.29) is 0 Å². The molecule has 1 unspecified atom stereocenters. The van der Waals surface area contributed by atoms with Crippen LogP contribution >= 0.6 is 0 Å². The Hall–Kier alpha value is -0.900. The fourth-order valence-corrected chi connectivity index (χ4v) is 2.26. The van der Waals surface area contributed by atoms with Crippen molar-refractivity contribution in [2.24, 2.45) is 5.41 Å². The van der Waals surface area contributed by atoms with Crippen molar-refractivity contribution in [3.63, 3.8) is 0 Å². The van der Waals surface area contributed by atoms with Gasteiger partial charge in [0, 0.05) is 12.6 Å². The Morgan fingerprint density at radius 3 is 2.80 bits per heavy atom. The molecule has 0 aromatic carbocycles. The predicted octanol–water partition coefficient (Wildman–Crippen LogP) is 2.05. The van der Waals surface area contributed by atoms with Crippen molar-refractivity contribution in [1.29, 1.82) is 0 Å². The van der Waals surface area contributed by atoms with Crippen molar-refractivity contribution in [2.45, 2.75) is 52.6 Å². The van der Waals surface area contributed by atoms with E-state index in [0.29, 0.717) is 11.5 Å². The molecule has 1 saturated carbocycles. The zero-order chi connectivity index (χ0) is 10.9. The lowest BCUT2D eigenvalue weighted by atomic mass is 9.92. The van der Waals surface area contributed by atoms with E-state index in [9.17, 15) is 0 Å². The summed E-state index contributed by atoms with van der Waals surface area (Å²) in [6.45, 7) is 7.36. The zero-order valence-electron chi connectivity index (χ0n) is 9.71. The second-order valence-corrected chi connectivity index (χ2v) is 5.28. The number of hydrogen-bond donors (Lipinski definition) is 1. The number of hydrogen-bond acceptors (Lipinski definition) is 4. The minimum Gasteiger partial charge on any atom is -0.308 e. The van der Waals surface area contributed by atoms with Crippen LogP contribution < -0.4 is 5.32 Å². The molecule has 2 rings (SSSR count). The summed E-state index contributed by atoms with van der Waals surface area (Å²) >= 11 is 0. The molecule has 84 valence electrons. The Bertz CT molecular complexity index is 332. The average molecular weight is 209 g/mol. The summed E-state index contributed by atoms with van der Waals surface area (Å²) in [7, 11) is 0. The molecule has 0 saturated heterocycles. The van der Waals surface area contributed by atoms with Crippen LogP contribution in [0, 0.1) is 12.3 Å². The van der Waals surface area contributed by atoms with Crippen LogP contribution in [0.1, 0.15) is 44.5 Å². The Morgan fingerprint density at radius 1 is 1.47 bits per heavy atom. The molecule has 1 aromatic rings. The quantitative estimate of drug-likeness (QED) is 0.827. The fourth-order valence-electron chi connectivity index (χ4n) is 2.26. The highest BCUT2D eigenvalue weighted by atomic mass is 16.6. The van der Waals surface area contributed by atoms with E-state index in [2.05, 4.69) is 34.1 Å². The van der Waals surface area contributed by atoms with Crippen molar-refractivity contribution in [3.8, 4) is 0 Å². The molecule has 0 aliphatic heterocycles. The standard InChI is InChI=1S/C11H19N3O/c1-8-10(14-15-13-8)7-12-9-4-5-11(2,3)6-9/h9,12H,4-7H2,1-3H3. The van der Waals surface area contributed by atoms with Crippen LogP contribution in [0.25, 0.3) is 0 Å². The average Bonchev–Trinajstić information content (AvgIpc) is 2.69. The third kappa shape index (κ3) is 2.56. The molecule has 0 spiro atoms. The van der Waals surface area contributed by atoms with Gasteiger partial charge in [0.05, 0.1) is 0 Å². The molecular weight excluding hydrogens is 190 g/mol. The maximum absolute atomic E-state index is 4.66. The highest BCUT2D eigenvalue weighted by Crippen LogP contribution is 2.36. The van der Waals surface area contributed by atoms with E-state index in [1.54, 1.807) is 0 Å². The minimum atomic E-state index is 0.495. The molecule has 4 nitrogen and oxygen atoms in total. The fraction of sp³-hybridized carbons (Fsp3) is 0.818. The van der Waals surface area contributed by atoms with Gasteiger partial charge in [0.15, 0.2) is 0 Å². The van der Waals surface area contributed by atoms with Gasteiger partial charge in [0.2, 0.25) is 0 Å². The largest absolute Gasteiger partial charge is 0.308 e. The lowest BCUT2D eigenvalue weighted by Crippen LogP contribution is -2.27. The minimum absolute atomic E-state index is 0.495. The Labute approximate surface area is 90.4 Å². The summed E-state index contributed by atoms with van der Waals surface area (Å²) < 4.78 is 4.66. The van der Waals surface area contributed by atoms with Gasteiger partial charge in [0.1, 0.15) is 11.4 Å². The number of nitrogens with zero attached hydrogens (tertiary/aromatic N) is 2. The summed E-state index contributed by atoms with van der Waals surface area (Å²) in [5.41, 5.74) is 2.31. The Morgan fingerprint density at radius 2 is 2.27 bits per heavy atom. The van der Waals surface area contributed by atoms with Crippen molar-refractivity contribution < 1.29 is 4.63 Å². The van der Waals surface area contributed by atoms with Crippen LogP contribution in [-0.2, 0) is 6.54 Å². The molecule has 0 amide bonds. The number of aryl methyl sites for hydroxylation is 1. The summed E-state index contributed by atoms with van der Waals surface area (Å²) in [4.78, 5) is 0. The highest BCUT2D eigenvalue weighted by Gasteiger charge is 2.30. The monoisotopic (exact) mass is 209 g/mol. The van der Waals surface area contributed by atoms with Crippen LogP contribution in [0.2, 0.25) is 0 Å². The molecule has 1 aliphatic carbocycles. The Kier molecular flexibility index (Phi) is 2.78. The molecular formula is C11H19N3O. The number of nitrogens with one attached hydrogen (secondary N) is 1. The summed E-state index contributed by atoms with van der Waals surface area (Å²) in [6, 6.07) is 0.621. The molecule has 0 bridgehead atoms. The van der Waals surface area contributed by atoms with Gasteiger partial charge >= 0.3 is 0 Å². The second kappa shape index (κ2) is 3.93. The van der Waals surface area contributed by atoms with Crippen molar-refractivity contribution in [2.75, 3.05) is 0 Å². The molecule has 1 fully saturated rings. The molecule has 1 N–H and O–H groups in total. The van der Waals surface area contributed by atoms with Crippen LogP contribution in [0.3, 0.4) is 0 Å². The van der Waals surface area contributed by atoms with Crippen LogP contribution in [0.15, 0.2) is 4.63 Å². The van der Waals surface area contributed by atoms with Gasteiger partial charge in [-0.3, -0.25) is 0 Å². The van der Waals surface area contributed by atoms with Gasteiger partial charge in [-0.15, -0.1) is 0 Å². The molecule has 4 heteroatoms. The first-order valence-electron chi connectivity index (χ1n) is 5.58. The van der Waals surface area contributed by atoms with Gasteiger partial charge in [-0.05, 0) is 31.6 Å². The maximum Gasteiger partial charge on any atom is 0.121 e. The van der Waals surface area contributed by atoms with Crippen molar-refractivity contribution >= 4 is 0 Å². The van der Waals surface area contributed by atoms with Gasteiger partial charge < -0.3 is 5.32 Å². The second-order valence-electron chi connectivity index (χ2n) is 5.28. The highest BCUT2D eigenvalue weighted by molar-refractivity contribution is 5.04. The normalized spacial score (nSPS) is 24.6. The smallest absolute Gasteiger partial charge is 0.121 e. The molecule has 1 atom stereocenters. The van der Waals surface area contributed by atoms with E-state index in [0.717, 1.165) is 17.9 Å². The first-order chi connectivity index (χ1) is 7.07. The topological polar surface area (TPSA) is 51.0 Å². The summed E-state index contributed by atoms with van der Waals surface area (Å²) in [5.74, 6) is 0. The van der Waals surface area contributed by atoms with Crippen LogP contribution in [0.5, 0.6) is 0 Å². The van der Waals surface area contributed by atoms with E-state index < -0.39 is 0 Å². The van der Waals surface area contributed by atoms with Crippen molar-refractivity contribution in [3.05, 3.63) is 11.4 Å². The molecule has 1 aromatic heterocycles. The van der Waals surface area contributed by atoms with Crippen molar-refractivity contribution in [1.82, 2.24) is 15.6 Å². The summed E-state index contributed by atoms with van der Waals surface area (Å²) in [5, 5.41) is 11.1. The van der Waals surface area contributed by atoms with Gasteiger partial charge in [0.25, 0.3) is 0 Å². The van der Waals surface area contributed by atoms with E-state index >= 15 is 0 Å². The lowest BCUT2D eigenvalue weighted by Gasteiger charge is -2.17. The van der Waals surface area contributed by atoms with Crippen LogP contribution in [0.4, 0.5) is 0 Å². The van der Waals surface area contributed by atoms with E-state index in [4.69, 9.17) is 0 Å². The van der Waals surface area contributed by atoms with Crippen LogP contribution in [-0.4, -0.2) is 16.4 Å². The zero-order valence-corrected chi connectivity index (χ0v) is 9.71. The first kappa shape index (κ1) is 10.6. The number of rotatable bonds is 3. The lowest BCUT2D eigenvalue weighted by molar-refractivity contribution is 0.299. The van der Waals surface area contributed by atoms with E-state index in [1.807, 2.05) is 6.92 Å². The molecule has 1 aliphatic rings. The first-order valence-corrected chi connectivity index (χ1v) is 5.58. The van der Waals surface area contributed by atoms with Gasteiger partial charge in [-0.1, -0.05) is 24.2 Å². The Balaban J connectivity index is 1.83. The molecule has 15 heavy (non-hydrogen) atoms. The van der Waals surface area contributed by atoms with Gasteiger partial charge in [-0.2, -0.15) is 0 Å². The predicted molar refractivity (Wildman–Crippen MR) is 57.3 cm³/mol. The molecule has 1 heterocycles. The maximum atomic E-state index is 4.66. The van der Waals surface area contributed by atoms with Gasteiger partial charge in [-0.25, -0.2) is 4.63 Å². The molecule has 0 radical (unpaired) electrons. The van der Waals surface area contributed by atoms with E-state index in [1.165, 1.54) is 19.3 Å². The number of aromatic nitrogens is 2. The third-order valence-corrected chi connectivity index (χ3v) is 3.27. The summed E-state index contributed by atoms with van der Waals surface area (Å²) in [6.07, 6.45) is 3.81. The SMILES string of the molecule is Cc1nonc1CNC1CCC(C)(C)C1.